The maximum Gasteiger partial charge on any atom is 0.250 e. The number of H-pyrrole nitrogens is 1. The van der Waals surface area contributed by atoms with E-state index >= 15 is 0 Å². The van der Waals surface area contributed by atoms with E-state index in [1.54, 1.807) is 23.8 Å². The fraction of sp³-hybridized carbons (Fsp3) is 0.429. The molecule has 0 unspecified atom stereocenters. The second kappa shape index (κ2) is 6.38. The minimum absolute atomic E-state index is 0.0247. The number of pyridine rings is 1. The predicted molar refractivity (Wildman–Crippen MR) is 78.0 cm³/mol. The normalized spacial score (nSPS) is 10.8. The number of aromatic nitrogens is 3. The third-order valence-corrected chi connectivity index (χ3v) is 3.27. The van der Waals surface area contributed by atoms with Crippen molar-refractivity contribution in [3.05, 3.63) is 45.6 Å². The van der Waals surface area contributed by atoms with E-state index in [1.165, 1.54) is 0 Å². The summed E-state index contributed by atoms with van der Waals surface area (Å²) in [6.45, 7) is 5.71. The molecule has 2 aromatic heterocycles. The Morgan fingerprint density at radius 2 is 2.20 bits per heavy atom. The molecule has 0 saturated carbocycles. The van der Waals surface area contributed by atoms with Gasteiger partial charge in [0.05, 0.1) is 18.0 Å². The van der Waals surface area contributed by atoms with Crippen LogP contribution in [-0.4, -0.2) is 28.5 Å². The van der Waals surface area contributed by atoms with E-state index in [9.17, 15) is 4.79 Å². The third kappa shape index (κ3) is 3.27. The van der Waals surface area contributed by atoms with Crippen LogP contribution in [0.15, 0.2) is 23.1 Å². The molecule has 0 aromatic carbocycles. The number of aryl methyl sites for hydroxylation is 2. The quantitative estimate of drug-likeness (QED) is 0.837. The van der Waals surface area contributed by atoms with Crippen LogP contribution in [-0.2, 0) is 17.8 Å². The molecule has 20 heavy (non-hydrogen) atoms. The zero-order chi connectivity index (χ0) is 14.5. The van der Waals surface area contributed by atoms with Crippen LogP contribution in [0.3, 0.4) is 0 Å². The number of hydrogen-bond acceptors (Lipinski definition) is 4. The molecule has 0 fully saturated rings. The van der Waals surface area contributed by atoms with Gasteiger partial charge in [0.1, 0.15) is 0 Å². The minimum Gasteiger partial charge on any atom is -0.383 e. The van der Waals surface area contributed by atoms with E-state index < -0.39 is 0 Å². The molecule has 6 nitrogen and oxygen atoms in total. The summed E-state index contributed by atoms with van der Waals surface area (Å²) in [6.07, 6.45) is 1.81. The monoisotopic (exact) mass is 276 g/mol. The highest BCUT2D eigenvalue weighted by atomic mass is 16.5. The van der Waals surface area contributed by atoms with Gasteiger partial charge in [-0.25, -0.2) is 0 Å². The van der Waals surface area contributed by atoms with E-state index in [-0.39, 0.29) is 5.56 Å². The predicted octanol–water partition coefficient (Wildman–Crippen LogP) is 1.45. The molecule has 0 aliphatic carbocycles. The molecule has 6 heteroatoms. The van der Waals surface area contributed by atoms with Crippen molar-refractivity contribution >= 4 is 5.69 Å². The van der Waals surface area contributed by atoms with Crippen LogP contribution >= 0.6 is 0 Å². The zero-order valence-corrected chi connectivity index (χ0v) is 12.1. The maximum absolute atomic E-state index is 11.7. The molecule has 2 N–H and O–H groups in total. The summed E-state index contributed by atoms with van der Waals surface area (Å²) in [5, 5.41) is 10.4. The number of nitrogens with one attached hydrogen (secondary N) is 2. The first-order chi connectivity index (χ1) is 9.61. The SMILES string of the molecule is COCCn1cc(NCc2c(C)n[nH]c2C)ccc1=O. The lowest BCUT2D eigenvalue weighted by molar-refractivity contribution is 0.186. The van der Waals surface area contributed by atoms with E-state index in [1.807, 2.05) is 20.0 Å². The first-order valence-electron chi connectivity index (χ1n) is 6.55. The van der Waals surface area contributed by atoms with Gasteiger partial charge in [-0.05, 0) is 19.9 Å². The minimum atomic E-state index is -0.0247. The number of aromatic amines is 1. The van der Waals surface area contributed by atoms with Crippen molar-refractivity contribution in [1.82, 2.24) is 14.8 Å². The number of anilines is 1. The lowest BCUT2D eigenvalue weighted by atomic mass is 10.2. The molecule has 0 atom stereocenters. The molecule has 2 heterocycles. The van der Waals surface area contributed by atoms with Crippen molar-refractivity contribution in [3.8, 4) is 0 Å². The molecule has 2 rings (SSSR count). The highest BCUT2D eigenvalue weighted by Gasteiger charge is 2.06. The van der Waals surface area contributed by atoms with Gasteiger partial charge < -0.3 is 14.6 Å². The number of methoxy groups -OCH3 is 1. The highest BCUT2D eigenvalue weighted by molar-refractivity contribution is 5.42. The Bertz CT molecular complexity index is 611. The fourth-order valence-electron chi connectivity index (χ4n) is 2.03. The van der Waals surface area contributed by atoms with Crippen molar-refractivity contribution in [2.45, 2.75) is 26.9 Å². The van der Waals surface area contributed by atoms with E-state index in [2.05, 4.69) is 15.5 Å². The summed E-state index contributed by atoms with van der Waals surface area (Å²) in [4.78, 5) is 11.7. The molecule has 0 saturated heterocycles. The Hall–Kier alpha value is -2.08. The molecule has 0 aliphatic rings. The second-order valence-electron chi connectivity index (χ2n) is 4.71. The van der Waals surface area contributed by atoms with Crippen molar-refractivity contribution in [1.29, 1.82) is 0 Å². The van der Waals surface area contributed by atoms with Gasteiger partial charge in [0, 0.05) is 43.7 Å². The van der Waals surface area contributed by atoms with Crippen LogP contribution in [0.1, 0.15) is 17.0 Å². The zero-order valence-electron chi connectivity index (χ0n) is 12.1. The Kier molecular flexibility index (Phi) is 4.57. The summed E-state index contributed by atoms with van der Waals surface area (Å²) in [6, 6.07) is 3.35. The molecule has 0 radical (unpaired) electrons. The van der Waals surface area contributed by atoms with Gasteiger partial charge in [-0.3, -0.25) is 9.89 Å². The first kappa shape index (κ1) is 14.3. The maximum atomic E-state index is 11.7. The molecule has 0 spiro atoms. The third-order valence-electron chi connectivity index (χ3n) is 3.27. The lowest BCUT2D eigenvalue weighted by Gasteiger charge is -2.10. The summed E-state index contributed by atoms with van der Waals surface area (Å²) < 4.78 is 6.64. The topological polar surface area (TPSA) is 71.9 Å². The van der Waals surface area contributed by atoms with Gasteiger partial charge in [0.2, 0.25) is 0 Å². The van der Waals surface area contributed by atoms with E-state index in [0.29, 0.717) is 19.7 Å². The second-order valence-corrected chi connectivity index (χ2v) is 4.71. The largest absolute Gasteiger partial charge is 0.383 e. The smallest absolute Gasteiger partial charge is 0.250 e. The summed E-state index contributed by atoms with van der Waals surface area (Å²) in [5.41, 5.74) is 4.08. The van der Waals surface area contributed by atoms with Gasteiger partial charge in [0.15, 0.2) is 0 Å². The lowest BCUT2D eigenvalue weighted by Crippen LogP contribution is -2.21. The fourth-order valence-corrected chi connectivity index (χ4v) is 2.03. The molecule has 0 aliphatic heterocycles. The highest BCUT2D eigenvalue weighted by Crippen LogP contribution is 2.12. The number of hydrogen-bond donors (Lipinski definition) is 2. The average molecular weight is 276 g/mol. The standard InChI is InChI=1S/C14H20N4O2/c1-10-13(11(2)17-16-10)8-15-12-4-5-14(19)18(9-12)6-7-20-3/h4-5,9,15H,6-8H2,1-3H3,(H,16,17). The number of rotatable bonds is 6. The van der Waals surface area contributed by atoms with Crippen LogP contribution < -0.4 is 10.9 Å². The molecule has 108 valence electrons. The molecule has 2 aromatic rings. The first-order valence-corrected chi connectivity index (χ1v) is 6.55. The van der Waals surface area contributed by atoms with E-state index in [0.717, 1.165) is 22.6 Å². The van der Waals surface area contributed by atoms with Gasteiger partial charge in [-0.2, -0.15) is 5.10 Å². The van der Waals surface area contributed by atoms with Crippen LogP contribution in [0.2, 0.25) is 0 Å². The van der Waals surface area contributed by atoms with E-state index in [4.69, 9.17) is 4.74 Å². The number of ether oxygens (including phenoxy) is 1. The average Bonchev–Trinajstić information content (AvgIpc) is 2.76. The number of nitrogens with zero attached hydrogens (tertiary/aromatic N) is 2. The van der Waals surface area contributed by atoms with Crippen LogP contribution in [0, 0.1) is 13.8 Å². The summed E-state index contributed by atoms with van der Waals surface area (Å²) in [7, 11) is 1.62. The Morgan fingerprint density at radius 3 is 2.85 bits per heavy atom. The molecule has 0 amide bonds. The Labute approximate surface area is 117 Å². The Morgan fingerprint density at radius 1 is 1.40 bits per heavy atom. The molecular weight excluding hydrogens is 256 g/mol. The van der Waals surface area contributed by atoms with Gasteiger partial charge in [-0.1, -0.05) is 0 Å². The van der Waals surface area contributed by atoms with Gasteiger partial charge in [-0.15, -0.1) is 0 Å². The summed E-state index contributed by atoms with van der Waals surface area (Å²) >= 11 is 0. The molecular formula is C14H20N4O2. The van der Waals surface area contributed by atoms with Crippen LogP contribution in [0.4, 0.5) is 5.69 Å². The summed E-state index contributed by atoms with van der Waals surface area (Å²) in [5.74, 6) is 0. The van der Waals surface area contributed by atoms with Crippen molar-refractivity contribution in [2.24, 2.45) is 0 Å². The van der Waals surface area contributed by atoms with Gasteiger partial charge >= 0.3 is 0 Å². The van der Waals surface area contributed by atoms with Crippen LogP contribution in [0.25, 0.3) is 0 Å². The van der Waals surface area contributed by atoms with Crippen molar-refractivity contribution in [3.63, 3.8) is 0 Å². The van der Waals surface area contributed by atoms with Crippen molar-refractivity contribution < 1.29 is 4.74 Å². The van der Waals surface area contributed by atoms with Gasteiger partial charge in [0.25, 0.3) is 5.56 Å². The Balaban J connectivity index is 2.08. The van der Waals surface area contributed by atoms with Crippen molar-refractivity contribution in [2.75, 3.05) is 19.0 Å². The molecule has 0 bridgehead atoms. The van der Waals surface area contributed by atoms with Crippen LogP contribution in [0.5, 0.6) is 0 Å².